The second-order valence-corrected chi connectivity index (χ2v) is 11.1. The lowest BCUT2D eigenvalue weighted by Crippen LogP contribution is -2.65. The van der Waals surface area contributed by atoms with Crippen LogP contribution in [0.2, 0.25) is 0 Å². The first-order chi connectivity index (χ1) is 19.7. The SMILES string of the molecule is CC[C@@H]1CN2CC[C@@]3(OC4O[C@H](CO)[C@@H](O)[C@H](O)[C@H]4O)C(=Nc4cccc(OC)c43)[C@@H]2C[C@@H]1/C(=C\OC)C(=O)OC. The van der Waals surface area contributed by atoms with Crippen molar-refractivity contribution in [2.45, 2.75) is 68.5 Å². The van der Waals surface area contributed by atoms with E-state index in [9.17, 15) is 25.2 Å². The zero-order chi connectivity index (χ0) is 29.5. The summed E-state index contributed by atoms with van der Waals surface area (Å²) in [5.41, 5.74) is 1.28. The van der Waals surface area contributed by atoms with Crippen molar-refractivity contribution in [3.05, 3.63) is 35.6 Å². The number of aliphatic hydroxyl groups is 4. The van der Waals surface area contributed by atoms with Crippen LogP contribution in [0.5, 0.6) is 5.75 Å². The maximum atomic E-state index is 12.8. The van der Waals surface area contributed by atoms with E-state index in [1.54, 1.807) is 7.11 Å². The highest BCUT2D eigenvalue weighted by Crippen LogP contribution is 2.54. The number of methoxy groups -OCH3 is 3. The molecule has 12 nitrogen and oxygen atoms in total. The van der Waals surface area contributed by atoms with Gasteiger partial charge in [0.1, 0.15) is 35.8 Å². The predicted octanol–water partition coefficient (Wildman–Crippen LogP) is 0.617. The number of nitrogens with zero attached hydrogens (tertiary/aromatic N) is 2. The molecule has 5 rings (SSSR count). The molecule has 0 radical (unpaired) electrons. The molecule has 0 bridgehead atoms. The first-order valence-electron chi connectivity index (χ1n) is 14.0. The van der Waals surface area contributed by atoms with Gasteiger partial charge in [-0.1, -0.05) is 19.4 Å². The number of carbonyl (C=O) groups is 1. The molecule has 0 spiro atoms. The number of hydrogen-bond acceptors (Lipinski definition) is 12. The van der Waals surface area contributed by atoms with E-state index in [0.29, 0.717) is 54.2 Å². The molecule has 0 aliphatic carbocycles. The van der Waals surface area contributed by atoms with Crippen LogP contribution >= 0.6 is 0 Å². The molecule has 0 saturated carbocycles. The number of piperidine rings is 2. The number of esters is 1. The number of benzene rings is 1. The molecular formula is C29H40N2O10. The molecule has 4 N–H and O–H groups in total. The van der Waals surface area contributed by atoms with Crippen LogP contribution in [-0.2, 0) is 29.3 Å². The van der Waals surface area contributed by atoms with E-state index in [1.165, 1.54) is 20.5 Å². The molecule has 1 unspecified atom stereocenters. The van der Waals surface area contributed by atoms with E-state index in [2.05, 4.69) is 11.8 Å². The lowest BCUT2D eigenvalue weighted by molar-refractivity contribution is -0.322. The third-order valence-electron chi connectivity index (χ3n) is 9.06. The molecule has 41 heavy (non-hydrogen) atoms. The minimum absolute atomic E-state index is 0.171. The van der Waals surface area contributed by atoms with Crippen molar-refractivity contribution in [1.82, 2.24) is 4.90 Å². The summed E-state index contributed by atoms with van der Waals surface area (Å²) in [6, 6.07) is 5.27. The molecule has 4 heterocycles. The summed E-state index contributed by atoms with van der Waals surface area (Å²) < 4.78 is 28.6. The van der Waals surface area contributed by atoms with Crippen molar-refractivity contribution >= 4 is 17.4 Å². The van der Waals surface area contributed by atoms with Gasteiger partial charge in [-0.3, -0.25) is 9.89 Å². The molecule has 12 heteroatoms. The van der Waals surface area contributed by atoms with Crippen LogP contribution < -0.4 is 4.74 Å². The lowest BCUT2D eigenvalue weighted by atomic mass is 9.70. The van der Waals surface area contributed by atoms with Crippen molar-refractivity contribution in [3.63, 3.8) is 0 Å². The number of aliphatic imine (C=N–C) groups is 1. The normalized spacial score (nSPS) is 37.0. The van der Waals surface area contributed by atoms with Crippen LogP contribution in [0.4, 0.5) is 5.69 Å². The number of ether oxygens (including phenoxy) is 5. The smallest absolute Gasteiger partial charge is 0.337 e. The number of hydrogen-bond donors (Lipinski definition) is 4. The van der Waals surface area contributed by atoms with E-state index in [1.807, 2.05) is 18.2 Å². The highest BCUT2D eigenvalue weighted by atomic mass is 16.7. The van der Waals surface area contributed by atoms with E-state index in [0.717, 1.165) is 6.42 Å². The molecule has 3 fully saturated rings. The van der Waals surface area contributed by atoms with Crippen molar-refractivity contribution in [2.75, 3.05) is 41.0 Å². The van der Waals surface area contributed by atoms with Crippen molar-refractivity contribution in [3.8, 4) is 5.75 Å². The first kappa shape index (κ1) is 29.9. The fraction of sp³-hybridized carbons (Fsp3) is 0.655. The average molecular weight is 577 g/mol. The zero-order valence-electron chi connectivity index (χ0n) is 23.8. The van der Waals surface area contributed by atoms with Gasteiger partial charge in [0.05, 0.1) is 62.8 Å². The molecular weight excluding hydrogens is 536 g/mol. The van der Waals surface area contributed by atoms with Gasteiger partial charge < -0.3 is 44.1 Å². The second kappa shape index (κ2) is 12.0. The van der Waals surface area contributed by atoms with Gasteiger partial charge in [-0.2, -0.15) is 0 Å². The Morgan fingerprint density at radius 2 is 1.98 bits per heavy atom. The monoisotopic (exact) mass is 576 g/mol. The summed E-state index contributed by atoms with van der Waals surface area (Å²) in [6.07, 6.45) is -3.89. The molecule has 3 saturated heterocycles. The van der Waals surface area contributed by atoms with Crippen LogP contribution in [0.3, 0.4) is 0 Å². The van der Waals surface area contributed by atoms with E-state index in [-0.39, 0.29) is 17.9 Å². The fourth-order valence-corrected chi connectivity index (χ4v) is 6.97. The Kier molecular flexibility index (Phi) is 8.72. The molecule has 226 valence electrons. The van der Waals surface area contributed by atoms with E-state index < -0.39 is 48.9 Å². The number of aliphatic hydroxyl groups excluding tert-OH is 4. The van der Waals surface area contributed by atoms with Gasteiger partial charge >= 0.3 is 5.97 Å². The molecule has 0 amide bonds. The third kappa shape index (κ3) is 4.95. The number of rotatable bonds is 8. The summed E-state index contributed by atoms with van der Waals surface area (Å²) in [5, 5.41) is 41.5. The highest BCUT2D eigenvalue weighted by Gasteiger charge is 2.58. The topological polar surface area (TPSA) is 160 Å². The van der Waals surface area contributed by atoms with Crippen LogP contribution in [0, 0.1) is 11.8 Å². The average Bonchev–Trinajstić information content (AvgIpc) is 3.33. The third-order valence-corrected chi connectivity index (χ3v) is 9.06. The van der Waals surface area contributed by atoms with Crippen molar-refractivity contribution in [2.24, 2.45) is 16.8 Å². The van der Waals surface area contributed by atoms with Crippen molar-refractivity contribution < 1.29 is 48.9 Å². The maximum Gasteiger partial charge on any atom is 0.337 e. The summed E-state index contributed by atoms with van der Waals surface area (Å²) in [4.78, 5) is 20.2. The summed E-state index contributed by atoms with van der Waals surface area (Å²) in [5.74, 6) is 0.101. The van der Waals surface area contributed by atoms with Crippen molar-refractivity contribution in [1.29, 1.82) is 0 Å². The molecule has 1 aromatic carbocycles. The molecule has 4 aliphatic heterocycles. The summed E-state index contributed by atoms with van der Waals surface area (Å²) in [7, 11) is 4.42. The van der Waals surface area contributed by atoms with Crippen LogP contribution in [-0.4, -0.2) is 115 Å². The Morgan fingerprint density at radius 1 is 1.20 bits per heavy atom. The second-order valence-electron chi connectivity index (χ2n) is 11.1. The quantitative estimate of drug-likeness (QED) is 0.195. The van der Waals surface area contributed by atoms with Gasteiger partial charge in [0.15, 0.2) is 6.29 Å². The number of carbonyl (C=O) groups excluding carboxylic acids is 1. The predicted molar refractivity (Wildman–Crippen MR) is 146 cm³/mol. The van der Waals surface area contributed by atoms with Gasteiger partial charge in [0, 0.05) is 13.1 Å². The fourth-order valence-electron chi connectivity index (χ4n) is 6.97. The van der Waals surface area contributed by atoms with E-state index in [4.69, 9.17) is 28.7 Å². The Labute approximate surface area is 239 Å². The van der Waals surface area contributed by atoms with Crippen LogP contribution in [0.1, 0.15) is 31.7 Å². The minimum Gasteiger partial charge on any atom is -0.504 e. The van der Waals surface area contributed by atoms with Gasteiger partial charge in [0.25, 0.3) is 0 Å². The Morgan fingerprint density at radius 3 is 2.63 bits per heavy atom. The summed E-state index contributed by atoms with van der Waals surface area (Å²) >= 11 is 0. The minimum atomic E-state index is -1.59. The van der Waals surface area contributed by atoms with Crippen LogP contribution in [0.15, 0.2) is 35.0 Å². The standard InChI is InChI=1S/C29H40N2O10/c1-5-15-12-31-10-9-29(41-28-25(35)24(34)23(33)21(13-32)40-28)22-18(7-6-8-20(22)38-3)30-26(29)19(31)11-16(15)17(14-37-2)27(36)39-4/h6-8,14-16,19,21,23-25,28,32-35H,5,9-13H2,1-4H3/b17-14+/t15-,16+,19+,21-,23-,24+,25-,28?,29+/m1/s1. The first-order valence-corrected chi connectivity index (χ1v) is 14.0. The Hall–Kier alpha value is -2.58. The lowest BCUT2D eigenvalue weighted by Gasteiger charge is -2.53. The van der Waals surface area contributed by atoms with Gasteiger partial charge in [-0.25, -0.2) is 4.79 Å². The summed E-state index contributed by atoms with van der Waals surface area (Å²) in [6.45, 7) is 2.86. The maximum absolute atomic E-state index is 12.8. The largest absolute Gasteiger partial charge is 0.504 e. The number of fused-ring (bicyclic) bond motifs is 5. The van der Waals surface area contributed by atoms with E-state index >= 15 is 0 Å². The molecule has 4 aliphatic rings. The van der Waals surface area contributed by atoms with Gasteiger partial charge in [-0.05, 0) is 36.8 Å². The Balaban J connectivity index is 1.57. The molecule has 9 atom stereocenters. The zero-order valence-corrected chi connectivity index (χ0v) is 23.8. The highest BCUT2D eigenvalue weighted by molar-refractivity contribution is 6.05. The van der Waals surface area contributed by atoms with Gasteiger partial charge in [-0.15, -0.1) is 0 Å². The molecule has 1 aromatic rings. The van der Waals surface area contributed by atoms with Crippen LogP contribution in [0.25, 0.3) is 0 Å². The molecule has 0 aromatic heterocycles. The van der Waals surface area contributed by atoms with Gasteiger partial charge in [0.2, 0.25) is 0 Å². The Bertz CT molecular complexity index is 1190.